The van der Waals surface area contributed by atoms with Gasteiger partial charge in [0.1, 0.15) is 5.75 Å². The van der Waals surface area contributed by atoms with Gasteiger partial charge in [0, 0.05) is 34.4 Å². The third-order valence-electron chi connectivity index (χ3n) is 5.36. The van der Waals surface area contributed by atoms with Crippen LogP contribution >= 0.6 is 11.6 Å². The summed E-state index contributed by atoms with van der Waals surface area (Å²) >= 11 is 6.23. The van der Waals surface area contributed by atoms with Crippen molar-refractivity contribution in [3.05, 3.63) is 88.6 Å². The molecule has 6 heteroatoms. The van der Waals surface area contributed by atoms with Gasteiger partial charge in [0.25, 0.3) is 5.91 Å². The number of fused-ring (bicyclic) bond motifs is 1. The van der Waals surface area contributed by atoms with Gasteiger partial charge in [-0.25, -0.2) is 0 Å². The van der Waals surface area contributed by atoms with E-state index in [1.165, 1.54) is 0 Å². The molecule has 5 nitrogen and oxygen atoms in total. The van der Waals surface area contributed by atoms with Crippen LogP contribution in [-0.4, -0.2) is 24.5 Å². The number of aromatic nitrogens is 1. The topological polar surface area (TPSA) is 66.1 Å². The van der Waals surface area contributed by atoms with Crippen LogP contribution in [0.5, 0.6) is 5.75 Å². The van der Waals surface area contributed by atoms with Crippen molar-refractivity contribution < 1.29 is 9.53 Å². The number of hydrogen-bond donors (Lipinski definition) is 3. The molecule has 0 aliphatic rings. The largest absolute Gasteiger partial charge is 0.497 e. The van der Waals surface area contributed by atoms with E-state index < -0.39 is 0 Å². The molecule has 0 saturated heterocycles. The normalized spacial score (nSPS) is 10.8. The van der Waals surface area contributed by atoms with Crippen molar-refractivity contribution in [3.63, 3.8) is 0 Å². The fourth-order valence-corrected chi connectivity index (χ4v) is 3.75. The van der Waals surface area contributed by atoms with E-state index in [0.29, 0.717) is 23.6 Å². The fraction of sp³-hybridized carbons (Fsp3) is 0.160. The van der Waals surface area contributed by atoms with Gasteiger partial charge in [-0.1, -0.05) is 29.8 Å². The van der Waals surface area contributed by atoms with Gasteiger partial charge >= 0.3 is 0 Å². The SMILES string of the molecule is COc1ccc2[nH]cc(CCNC(=O)c3ccccc3Nc3cccc(Cl)c3C)c2c1. The second kappa shape index (κ2) is 9.14. The molecule has 158 valence electrons. The summed E-state index contributed by atoms with van der Waals surface area (Å²) in [6, 6.07) is 19.1. The van der Waals surface area contributed by atoms with Crippen LogP contribution in [0.1, 0.15) is 21.5 Å². The summed E-state index contributed by atoms with van der Waals surface area (Å²) in [6.45, 7) is 2.47. The third-order valence-corrected chi connectivity index (χ3v) is 5.77. The quantitative estimate of drug-likeness (QED) is 0.342. The molecule has 1 heterocycles. The number of nitrogens with one attached hydrogen (secondary N) is 3. The van der Waals surface area contributed by atoms with E-state index in [1.807, 2.05) is 73.8 Å². The number of para-hydroxylation sites is 1. The Morgan fingerprint density at radius 3 is 2.71 bits per heavy atom. The van der Waals surface area contributed by atoms with Gasteiger partial charge in [-0.05, 0) is 66.9 Å². The third kappa shape index (κ3) is 4.52. The predicted octanol–water partition coefficient (Wildman–Crippen LogP) is 5.85. The number of anilines is 2. The molecule has 0 spiro atoms. The number of hydrogen-bond acceptors (Lipinski definition) is 3. The molecule has 0 aliphatic heterocycles. The zero-order valence-corrected chi connectivity index (χ0v) is 18.2. The Balaban J connectivity index is 1.46. The Labute approximate surface area is 186 Å². The maximum atomic E-state index is 12.9. The predicted molar refractivity (Wildman–Crippen MR) is 127 cm³/mol. The average Bonchev–Trinajstić information content (AvgIpc) is 3.19. The number of benzene rings is 3. The average molecular weight is 434 g/mol. The van der Waals surface area contributed by atoms with Crippen LogP contribution in [-0.2, 0) is 6.42 Å². The minimum atomic E-state index is -0.125. The zero-order chi connectivity index (χ0) is 21.8. The standard InChI is InChI=1S/C25H24ClN3O2/c1-16-21(26)7-5-9-22(16)29-24-8-4-3-6-19(24)25(30)27-13-12-17-15-28-23-11-10-18(31-2)14-20(17)23/h3-11,14-15,28-29H,12-13H2,1-2H3,(H,27,30). The summed E-state index contributed by atoms with van der Waals surface area (Å²) in [6.07, 6.45) is 2.69. The number of amides is 1. The summed E-state index contributed by atoms with van der Waals surface area (Å²) < 4.78 is 5.33. The van der Waals surface area contributed by atoms with Crippen LogP contribution < -0.4 is 15.4 Å². The highest BCUT2D eigenvalue weighted by molar-refractivity contribution is 6.31. The number of aromatic amines is 1. The smallest absolute Gasteiger partial charge is 0.253 e. The van der Waals surface area contributed by atoms with Crippen LogP contribution in [0.2, 0.25) is 5.02 Å². The van der Waals surface area contributed by atoms with Crippen LogP contribution in [0.3, 0.4) is 0 Å². The van der Waals surface area contributed by atoms with Crippen LogP contribution in [0.15, 0.2) is 66.9 Å². The minimum absolute atomic E-state index is 0.125. The maximum Gasteiger partial charge on any atom is 0.253 e. The molecule has 3 N–H and O–H groups in total. The highest BCUT2D eigenvalue weighted by atomic mass is 35.5. The number of methoxy groups -OCH3 is 1. The zero-order valence-electron chi connectivity index (χ0n) is 17.5. The van der Waals surface area contributed by atoms with Gasteiger partial charge in [0.2, 0.25) is 0 Å². The molecule has 0 radical (unpaired) electrons. The van der Waals surface area contributed by atoms with E-state index in [0.717, 1.165) is 39.2 Å². The molecule has 1 aromatic heterocycles. The van der Waals surface area contributed by atoms with Gasteiger partial charge in [-0.3, -0.25) is 4.79 Å². The first-order valence-corrected chi connectivity index (χ1v) is 10.5. The van der Waals surface area contributed by atoms with Gasteiger partial charge in [-0.2, -0.15) is 0 Å². The van der Waals surface area contributed by atoms with Crippen molar-refractivity contribution >= 4 is 39.8 Å². The Morgan fingerprint density at radius 2 is 1.87 bits per heavy atom. The van der Waals surface area contributed by atoms with Crippen LogP contribution in [0.4, 0.5) is 11.4 Å². The molecular formula is C25H24ClN3O2. The second-order valence-electron chi connectivity index (χ2n) is 7.31. The fourth-order valence-electron chi connectivity index (χ4n) is 3.58. The Morgan fingerprint density at radius 1 is 1.06 bits per heavy atom. The molecular weight excluding hydrogens is 410 g/mol. The van der Waals surface area contributed by atoms with Crippen molar-refractivity contribution in [2.24, 2.45) is 0 Å². The lowest BCUT2D eigenvalue weighted by Gasteiger charge is -2.14. The van der Waals surface area contributed by atoms with Crippen molar-refractivity contribution in [3.8, 4) is 5.75 Å². The maximum absolute atomic E-state index is 12.9. The Hall–Kier alpha value is -3.44. The number of halogens is 1. The molecule has 4 aromatic rings. The summed E-state index contributed by atoms with van der Waals surface area (Å²) in [4.78, 5) is 16.2. The van der Waals surface area contributed by atoms with Gasteiger partial charge in [0.15, 0.2) is 0 Å². The van der Waals surface area contributed by atoms with Gasteiger partial charge < -0.3 is 20.4 Å². The lowest BCUT2D eigenvalue weighted by atomic mass is 10.1. The summed E-state index contributed by atoms with van der Waals surface area (Å²) in [5, 5.41) is 8.16. The molecule has 3 aromatic carbocycles. The minimum Gasteiger partial charge on any atom is -0.497 e. The molecule has 31 heavy (non-hydrogen) atoms. The molecule has 0 bridgehead atoms. The lowest BCUT2D eigenvalue weighted by molar-refractivity contribution is 0.0955. The highest BCUT2D eigenvalue weighted by Gasteiger charge is 2.13. The summed E-state index contributed by atoms with van der Waals surface area (Å²) in [5.74, 6) is 0.689. The number of rotatable bonds is 7. The molecule has 0 saturated carbocycles. The van der Waals surface area contributed by atoms with E-state index in [9.17, 15) is 4.79 Å². The van der Waals surface area contributed by atoms with Crippen LogP contribution in [0.25, 0.3) is 10.9 Å². The Bertz CT molecular complexity index is 1230. The molecule has 0 fully saturated rings. The first-order chi connectivity index (χ1) is 15.1. The molecule has 0 unspecified atom stereocenters. The number of ether oxygens (including phenoxy) is 1. The van der Waals surface area contributed by atoms with Crippen molar-refractivity contribution in [1.82, 2.24) is 10.3 Å². The summed E-state index contributed by atoms with van der Waals surface area (Å²) in [5.41, 5.74) is 5.32. The lowest BCUT2D eigenvalue weighted by Crippen LogP contribution is -2.26. The second-order valence-corrected chi connectivity index (χ2v) is 7.72. The van der Waals surface area contributed by atoms with E-state index in [4.69, 9.17) is 16.3 Å². The number of carbonyl (C=O) groups excluding carboxylic acids is 1. The van der Waals surface area contributed by atoms with E-state index in [-0.39, 0.29) is 5.91 Å². The molecule has 0 aliphatic carbocycles. The monoisotopic (exact) mass is 433 g/mol. The van der Waals surface area contributed by atoms with Gasteiger partial charge in [0.05, 0.1) is 18.4 Å². The summed E-state index contributed by atoms with van der Waals surface area (Å²) in [7, 11) is 1.66. The number of H-pyrrole nitrogens is 1. The van der Waals surface area contributed by atoms with E-state index in [1.54, 1.807) is 7.11 Å². The van der Waals surface area contributed by atoms with Crippen LogP contribution in [0, 0.1) is 6.92 Å². The van der Waals surface area contributed by atoms with E-state index in [2.05, 4.69) is 15.6 Å². The first-order valence-electron chi connectivity index (χ1n) is 10.1. The van der Waals surface area contributed by atoms with Crippen molar-refractivity contribution in [2.75, 3.05) is 19.0 Å². The van der Waals surface area contributed by atoms with Crippen molar-refractivity contribution in [2.45, 2.75) is 13.3 Å². The Kier molecular flexibility index (Phi) is 6.14. The van der Waals surface area contributed by atoms with Crippen molar-refractivity contribution in [1.29, 1.82) is 0 Å². The molecule has 0 atom stereocenters. The molecule has 4 rings (SSSR count). The van der Waals surface area contributed by atoms with Gasteiger partial charge in [-0.15, -0.1) is 0 Å². The number of carbonyl (C=O) groups is 1. The molecule has 1 amide bonds. The highest BCUT2D eigenvalue weighted by Crippen LogP contribution is 2.28. The first kappa shape index (κ1) is 20.8. The van der Waals surface area contributed by atoms with E-state index >= 15 is 0 Å².